The molecule has 1 rings (SSSR count). The van der Waals surface area contributed by atoms with Gasteiger partial charge in [0.1, 0.15) is 0 Å². The molecule has 68 valence electrons. The molecule has 1 saturated heterocycles. The van der Waals surface area contributed by atoms with Crippen LogP contribution in [0.15, 0.2) is 0 Å². The highest BCUT2D eigenvalue weighted by Gasteiger charge is 2.38. The standard InChI is InChI=1S/C10H18N2/c1-3-10(4-2)8-12(9-10)7-5-6-11/h3-5,7-9H2,1-2H3. The Morgan fingerprint density at radius 3 is 2.33 bits per heavy atom. The van der Waals surface area contributed by atoms with Crippen molar-refractivity contribution in [2.45, 2.75) is 33.1 Å². The SMILES string of the molecule is CCC1(CC)CN(CCC#N)C1. The van der Waals surface area contributed by atoms with Crippen molar-refractivity contribution < 1.29 is 0 Å². The minimum Gasteiger partial charge on any atom is -0.301 e. The van der Waals surface area contributed by atoms with Crippen LogP contribution >= 0.6 is 0 Å². The summed E-state index contributed by atoms with van der Waals surface area (Å²) in [5, 5.41) is 8.40. The number of rotatable bonds is 4. The number of likely N-dealkylation sites (tertiary alicyclic amines) is 1. The second-order valence-electron chi connectivity index (χ2n) is 3.83. The molecule has 0 aromatic carbocycles. The van der Waals surface area contributed by atoms with E-state index in [0.717, 1.165) is 6.54 Å². The molecule has 0 unspecified atom stereocenters. The van der Waals surface area contributed by atoms with Crippen LogP contribution in [0.4, 0.5) is 0 Å². The van der Waals surface area contributed by atoms with Gasteiger partial charge in [0.25, 0.3) is 0 Å². The summed E-state index contributed by atoms with van der Waals surface area (Å²) < 4.78 is 0. The van der Waals surface area contributed by atoms with E-state index >= 15 is 0 Å². The summed E-state index contributed by atoms with van der Waals surface area (Å²) in [6, 6.07) is 2.19. The summed E-state index contributed by atoms with van der Waals surface area (Å²) in [5.41, 5.74) is 0.593. The molecule has 1 aliphatic heterocycles. The van der Waals surface area contributed by atoms with E-state index in [0.29, 0.717) is 11.8 Å². The minimum absolute atomic E-state index is 0.593. The molecule has 2 nitrogen and oxygen atoms in total. The van der Waals surface area contributed by atoms with Crippen molar-refractivity contribution in [3.63, 3.8) is 0 Å². The van der Waals surface area contributed by atoms with Gasteiger partial charge in [-0.1, -0.05) is 13.8 Å². The number of hydrogen-bond donors (Lipinski definition) is 0. The van der Waals surface area contributed by atoms with Gasteiger partial charge in [-0.2, -0.15) is 5.26 Å². The molecule has 1 aliphatic rings. The maximum atomic E-state index is 8.40. The molecule has 2 heteroatoms. The lowest BCUT2D eigenvalue weighted by Gasteiger charge is -2.49. The third-order valence-electron chi connectivity index (χ3n) is 3.16. The van der Waals surface area contributed by atoms with E-state index in [1.54, 1.807) is 0 Å². The van der Waals surface area contributed by atoms with Gasteiger partial charge in [0.05, 0.1) is 6.07 Å². The quantitative estimate of drug-likeness (QED) is 0.639. The van der Waals surface area contributed by atoms with Crippen molar-refractivity contribution >= 4 is 0 Å². The van der Waals surface area contributed by atoms with Crippen LogP contribution < -0.4 is 0 Å². The van der Waals surface area contributed by atoms with Crippen LogP contribution in [0.3, 0.4) is 0 Å². The maximum absolute atomic E-state index is 8.40. The fourth-order valence-corrected chi connectivity index (χ4v) is 1.97. The zero-order valence-corrected chi connectivity index (χ0v) is 8.14. The summed E-state index contributed by atoms with van der Waals surface area (Å²) in [4.78, 5) is 2.39. The molecule has 12 heavy (non-hydrogen) atoms. The molecular weight excluding hydrogens is 148 g/mol. The molecule has 0 spiro atoms. The smallest absolute Gasteiger partial charge is 0.0635 e. The summed E-state index contributed by atoms with van der Waals surface area (Å²) in [6.45, 7) is 7.93. The van der Waals surface area contributed by atoms with Gasteiger partial charge in [-0.05, 0) is 18.3 Å². The Bertz CT molecular complexity index is 169. The first-order valence-electron chi connectivity index (χ1n) is 4.85. The van der Waals surface area contributed by atoms with E-state index in [1.165, 1.54) is 25.9 Å². The van der Waals surface area contributed by atoms with E-state index in [1.807, 2.05) is 0 Å². The monoisotopic (exact) mass is 166 g/mol. The summed E-state index contributed by atoms with van der Waals surface area (Å²) in [6.07, 6.45) is 3.25. The zero-order valence-electron chi connectivity index (χ0n) is 8.14. The Labute approximate surface area is 75.2 Å². The van der Waals surface area contributed by atoms with E-state index in [2.05, 4.69) is 24.8 Å². The largest absolute Gasteiger partial charge is 0.301 e. The fraction of sp³-hybridized carbons (Fsp3) is 0.900. The Morgan fingerprint density at radius 2 is 1.92 bits per heavy atom. The van der Waals surface area contributed by atoms with Crippen molar-refractivity contribution in [2.75, 3.05) is 19.6 Å². The van der Waals surface area contributed by atoms with Crippen LogP contribution in [0.2, 0.25) is 0 Å². The molecular formula is C10H18N2. The van der Waals surface area contributed by atoms with Gasteiger partial charge in [0, 0.05) is 26.1 Å². The molecule has 0 bridgehead atoms. The first-order valence-corrected chi connectivity index (χ1v) is 4.85. The molecule has 0 N–H and O–H groups in total. The third kappa shape index (κ3) is 1.78. The number of hydrogen-bond acceptors (Lipinski definition) is 2. The third-order valence-corrected chi connectivity index (χ3v) is 3.16. The van der Waals surface area contributed by atoms with Crippen LogP contribution in [-0.2, 0) is 0 Å². The topological polar surface area (TPSA) is 27.0 Å². The highest BCUT2D eigenvalue weighted by Crippen LogP contribution is 2.36. The molecule has 0 aliphatic carbocycles. The summed E-state index contributed by atoms with van der Waals surface area (Å²) in [5.74, 6) is 0. The lowest BCUT2D eigenvalue weighted by atomic mass is 9.75. The van der Waals surface area contributed by atoms with Gasteiger partial charge in [-0.25, -0.2) is 0 Å². The molecule has 1 fully saturated rings. The molecule has 0 atom stereocenters. The van der Waals surface area contributed by atoms with Crippen LogP contribution in [0.5, 0.6) is 0 Å². The number of nitriles is 1. The Hall–Kier alpha value is -0.550. The van der Waals surface area contributed by atoms with Crippen LogP contribution in [0.25, 0.3) is 0 Å². The van der Waals surface area contributed by atoms with E-state index in [-0.39, 0.29) is 0 Å². The van der Waals surface area contributed by atoms with Crippen LogP contribution in [0, 0.1) is 16.7 Å². The summed E-state index contributed by atoms with van der Waals surface area (Å²) in [7, 11) is 0. The molecule has 0 radical (unpaired) electrons. The highest BCUT2D eigenvalue weighted by molar-refractivity contribution is 4.93. The molecule has 0 aromatic rings. The lowest BCUT2D eigenvalue weighted by molar-refractivity contribution is -0.00403. The summed E-state index contributed by atoms with van der Waals surface area (Å²) >= 11 is 0. The van der Waals surface area contributed by atoms with Crippen LogP contribution in [0.1, 0.15) is 33.1 Å². The van der Waals surface area contributed by atoms with E-state index < -0.39 is 0 Å². The molecule has 0 saturated carbocycles. The van der Waals surface area contributed by atoms with Crippen molar-refractivity contribution in [2.24, 2.45) is 5.41 Å². The molecule has 1 heterocycles. The predicted octanol–water partition coefficient (Wildman–Crippen LogP) is 2.02. The second kappa shape index (κ2) is 3.91. The first-order chi connectivity index (χ1) is 5.76. The van der Waals surface area contributed by atoms with Gasteiger partial charge >= 0.3 is 0 Å². The van der Waals surface area contributed by atoms with Gasteiger partial charge in [-0.15, -0.1) is 0 Å². The highest BCUT2D eigenvalue weighted by atomic mass is 15.2. The van der Waals surface area contributed by atoms with Crippen LogP contribution in [-0.4, -0.2) is 24.5 Å². The number of nitrogens with zero attached hydrogens (tertiary/aromatic N) is 2. The normalized spacial score (nSPS) is 21.4. The van der Waals surface area contributed by atoms with Crippen molar-refractivity contribution in [3.8, 4) is 6.07 Å². The van der Waals surface area contributed by atoms with Gasteiger partial charge in [-0.3, -0.25) is 0 Å². The average Bonchev–Trinajstić information content (AvgIpc) is 2.04. The van der Waals surface area contributed by atoms with Crippen molar-refractivity contribution in [3.05, 3.63) is 0 Å². The Kier molecular flexibility index (Phi) is 3.11. The van der Waals surface area contributed by atoms with Gasteiger partial charge in [0.2, 0.25) is 0 Å². The van der Waals surface area contributed by atoms with E-state index in [4.69, 9.17) is 5.26 Å². The average molecular weight is 166 g/mol. The Morgan fingerprint density at radius 1 is 1.33 bits per heavy atom. The molecule has 0 aromatic heterocycles. The lowest BCUT2D eigenvalue weighted by Crippen LogP contribution is -2.55. The van der Waals surface area contributed by atoms with Crippen molar-refractivity contribution in [1.82, 2.24) is 4.90 Å². The molecule has 0 amide bonds. The fourth-order valence-electron chi connectivity index (χ4n) is 1.97. The van der Waals surface area contributed by atoms with Crippen molar-refractivity contribution in [1.29, 1.82) is 5.26 Å². The zero-order chi connectivity index (χ0) is 9.03. The van der Waals surface area contributed by atoms with Gasteiger partial charge < -0.3 is 4.90 Å². The Balaban J connectivity index is 2.22. The second-order valence-corrected chi connectivity index (χ2v) is 3.83. The predicted molar refractivity (Wildman–Crippen MR) is 49.7 cm³/mol. The first kappa shape index (κ1) is 9.54. The minimum atomic E-state index is 0.593. The van der Waals surface area contributed by atoms with Gasteiger partial charge in [0.15, 0.2) is 0 Å². The maximum Gasteiger partial charge on any atom is 0.0635 e. The van der Waals surface area contributed by atoms with E-state index in [9.17, 15) is 0 Å².